The smallest absolute Gasteiger partial charge is 0.242 e. The third kappa shape index (κ3) is 5.68. The van der Waals surface area contributed by atoms with Crippen molar-refractivity contribution in [2.75, 3.05) is 33.7 Å². The van der Waals surface area contributed by atoms with Crippen molar-refractivity contribution >= 4 is 27.0 Å². The van der Waals surface area contributed by atoms with E-state index in [-0.39, 0.29) is 10.8 Å². The number of benzene rings is 1. The van der Waals surface area contributed by atoms with Gasteiger partial charge in [0.05, 0.1) is 15.9 Å². The zero-order valence-corrected chi connectivity index (χ0v) is 20.6. The van der Waals surface area contributed by atoms with Crippen LogP contribution in [0.4, 0.5) is 0 Å². The number of likely N-dealkylation sites (tertiary alicyclic amines) is 1. The molecule has 0 radical (unpaired) electrons. The van der Waals surface area contributed by atoms with Crippen LogP contribution in [0, 0.1) is 0 Å². The molecule has 2 heterocycles. The van der Waals surface area contributed by atoms with Gasteiger partial charge >= 0.3 is 0 Å². The monoisotopic (exact) mass is 463 g/mol. The Morgan fingerprint density at radius 3 is 2.78 bits per heavy atom. The highest BCUT2D eigenvalue weighted by atomic mass is 32.2. The second-order valence-corrected chi connectivity index (χ2v) is 11.0. The largest absolute Gasteiger partial charge is 0.355 e. The van der Waals surface area contributed by atoms with Crippen molar-refractivity contribution in [1.82, 2.24) is 24.1 Å². The molecule has 1 aliphatic heterocycles. The Labute approximate surface area is 192 Å². The fourth-order valence-electron chi connectivity index (χ4n) is 4.32. The molecule has 32 heavy (non-hydrogen) atoms. The zero-order chi connectivity index (χ0) is 23.3. The maximum absolute atomic E-state index is 12.5. The molecule has 1 aromatic heterocycles. The Balaban J connectivity index is 1.59. The fraction of sp³-hybridized carbons (Fsp3) is 0.652. The zero-order valence-electron chi connectivity index (χ0n) is 19.8. The summed E-state index contributed by atoms with van der Waals surface area (Å²) in [7, 11) is 1.41. The minimum absolute atomic E-state index is 0.0361. The van der Waals surface area contributed by atoms with Gasteiger partial charge in [-0.3, -0.25) is 9.69 Å². The molecule has 0 bridgehead atoms. The quantitative estimate of drug-likeness (QED) is 0.585. The van der Waals surface area contributed by atoms with Gasteiger partial charge in [0.15, 0.2) is 0 Å². The van der Waals surface area contributed by atoms with E-state index in [1.54, 1.807) is 18.2 Å². The highest BCUT2D eigenvalue weighted by Crippen LogP contribution is 2.22. The summed E-state index contributed by atoms with van der Waals surface area (Å²) < 4.78 is 27.9. The summed E-state index contributed by atoms with van der Waals surface area (Å²) in [6.07, 6.45) is 6.89. The fourth-order valence-corrected chi connectivity index (χ4v) is 5.24. The van der Waals surface area contributed by atoms with Gasteiger partial charge in [-0.15, -0.1) is 0 Å². The molecular weight excluding hydrogens is 426 g/mol. The molecular formula is C23H37N5O3S. The van der Waals surface area contributed by atoms with E-state index in [9.17, 15) is 13.2 Å². The number of aromatic nitrogens is 2. The number of carbonyl (C=O) groups excluding carboxylic acids is 1. The van der Waals surface area contributed by atoms with Crippen molar-refractivity contribution in [3.63, 3.8) is 0 Å². The second kappa shape index (κ2) is 10.8. The van der Waals surface area contributed by atoms with Gasteiger partial charge in [-0.25, -0.2) is 17.7 Å². The molecule has 1 atom stereocenters. The molecule has 3 rings (SSSR count). The Hall–Kier alpha value is -1.97. The van der Waals surface area contributed by atoms with E-state index in [4.69, 9.17) is 0 Å². The van der Waals surface area contributed by atoms with Crippen molar-refractivity contribution in [1.29, 1.82) is 0 Å². The molecule has 1 aliphatic rings. The topological polar surface area (TPSA) is 87.5 Å². The summed E-state index contributed by atoms with van der Waals surface area (Å²) in [6.45, 7) is 5.16. The summed E-state index contributed by atoms with van der Waals surface area (Å²) in [4.78, 5) is 19.9. The standard InChI is InChI=1S/C23H37N5O3S/c1-5-6-14-28-15-8-7-9-18(28)17-24-23(29)13-12-22-25-20-16-19(32(30,31)26(2)3)10-11-21(20)27(22)4/h10-11,16,18H,5-9,12-15,17H2,1-4H3,(H,24,29). The van der Waals surface area contributed by atoms with Crippen LogP contribution in [-0.2, 0) is 28.3 Å². The van der Waals surface area contributed by atoms with Crippen molar-refractivity contribution < 1.29 is 13.2 Å². The van der Waals surface area contributed by atoms with E-state index >= 15 is 0 Å². The lowest BCUT2D eigenvalue weighted by Gasteiger charge is -2.35. The lowest BCUT2D eigenvalue weighted by atomic mass is 10.0. The van der Waals surface area contributed by atoms with Gasteiger partial charge in [0.1, 0.15) is 5.82 Å². The molecule has 0 spiro atoms. The number of nitrogens with one attached hydrogen (secondary N) is 1. The van der Waals surface area contributed by atoms with Crippen LogP contribution in [0.3, 0.4) is 0 Å². The number of piperidine rings is 1. The van der Waals surface area contributed by atoms with Crippen LogP contribution < -0.4 is 5.32 Å². The van der Waals surface area contributed by atoms with E-state index in [0.29, 0.717) is 30.9 Å². The summed E-state index contributed by atoms with van der Waals surface area (Å²) in [5.74, 6) is 0.811. The van der Waals surface area contributed by atoms with Crippen molar-refractivity contribution in [2.24, 2.45) is 7.05 Å². The Morgan fingerprint density at radius 1 is 1.28 bits per heavy atom. The van der Waals surface area contributed by atoms with Crippen LogP contribution in [0.5, 0.6) is 0 Å². The summed E-state index contributed by atoms with van der Waals surface area (Å²) in [6, 6.07) is 5.41. The average molecular weight is 464 g/mol. The van der Waals surface area contributed by atoms with Gasteiger partial charge in [-0.05, 0) is 50.6 Å². The maximum Gasteiger partial charge on any atom is 0.242 e. The van der Waals surface area contributed by atoms with Crippen molar-refractivity contribution in [3.8, 4) is 0 Å². The molecule has 8 nitrogen and oxygen atoms in total. The van der Waals surface area contributed by atoms with Crippen LogP contribution in [0.2, 0.25) is 0 Å². The number of unbranched alkanes of at least 4 members (excludes halogenated alkanes) is 1. The number of sulfonamides is 1. The number of rotatable bonds is 10. The number of nitrogens with zero attached hydrogens (tertiary/aromatic N) is 4. The third-order valence-corrected chi connectivity index (χ3v) is 8.19. The summed E-state index contributed by atoms with van der Waals surface area (Å²) in [5.41, 5.74) is 1.48. The van der Waals surface area contributed by atoms with Crippen LogP contribution in [0.1, 0.15) is 51.3 Å². The van der Waals surface area contributed by atoms with Crippen molar-refractivity contribution in [3.05, 3.63) is 24.0 Å². The molecule has 178 valence electrons. The van der Waals surface area contributed by atoms with Crippen LogP contribution in [-0.4, -0.2) is 72.9 Å². The lowest BCUT2D eigenvalue weighted by molar-refractivity contribution is -0.121. The molecule has 1 aromatic carbocycles. The van der Waals surface area contributed by atoms with Gasteiger partial charge < -0.3 is 9.88 Å². The number of aryl methyl sites for hydroxylation is 2. The first kappa shape index (κ1) is 24.7. The highest BCUT2D eigenvalue weighted by Gasteiger charge is 2.22. The Morgan fingerprint density at radius 2 is 2.06 bits per heavy atom. The molecule has 0 saturated carbocycles. The molecule has 1 fully saturated rings. The SMILES string of the molecule is CCCCN1CCCCC1CNC(=O)CCc1nc2cc(S(=O)(=O)N(C)C)ccc2n1C. The Bertz CT molecular complexity index is 1030. The van der Waals surface area contributed by atoms with Gasteiger partial charge in [-0.1, -0.05) is 19.8 Å². The first-order chi connectivity index (χ1) is 15.2. The van der Waals surface area contributed by atoms with E-state index < -0.39 is 10.0 Å². The normalized spacial score (nSPS) is 17.8. The molecule has 2 aromatic rings. The number of imidazole rings is 1. The maximum atomic E-state index is 12.5. The van der Waals surface area contributed by atoms with Gasteiger partial charge in [0.25, 0.3) is 0 Å². The minimum Gasteiger partial charge on any atom is -0.355 e. The van der Waals surface area contributed by atoms with Gasteiger partial charge in [0.2, 0.25) is 15.9 Å². The predicted octanol–water partition coefficient (Wildman–Crippen LogP) is 2.53. The van der Waals surface area contributed by atoms with E-state index in [1.165, 1.54) is 44.1 Å². The van der Waals surface area contributed by atoms with Crippen molar-refractivity contribution in [2.45, 2.75) is 62.8 Å². The third-order valence-electron chi connectivity index (χ3n) is 6.38. The first-order valence-corrected chi connectivity index (χ1v) is 13.1. The second-order valence-electron chi connectivity index (χ2n) is 8.87. The van der Waals surface area contributed by atoms with Crippen LogP contribution in [0.25, 0.3) is 11.0 Å². The van der Waals surface area contributed by atoms with E-state index in [2.05, 4.69) is 22.1 Å². The number of hydrogen-bond acceptors (Lipinski definition) is 5. The predicted molar refractivity (Wildman–Crippen MR) is 127 cm³/mol. The number of fused-ring (bicyclic) bond motifs is 1. The van der Waals surface area contributed by atoms with E-state index in [0.717, 1.165) is 30.9 Å². The molecule has 1 amide bonds. The van der Waals surface area contributed by atoms with E-state index in [1.807, 2.05) is 11.6 Å². The summed E-state index contributed by atoms with van der Waals surface area (Å²) >= 11 is 0. The Kier molecular flexibility index (Phi) is 8.30. The molecule has 1 N–H and O–H groups in total. The highest BCUT2D eigenvalue weighted by molar-refractivity contribution is 7.89. The average Bonchev–Trinajstić information content (AvgIpc) is 3.10. The first-order valence-electron chi connectivity index (χ1n) is 11.6. The molecule has 0 aliphatic carbocycles. The molecule has 9 heteroatoms. The lowest BCUT2D eigenvalue weighted by Crippen LogP contribution is -2.47. The summed E-state index contributed by atoms with van der Waals surface area (Å²) in [5, 5.41) is 3.12. The molecule has 1 unspecified atom stereocenters. The number of carbonyl (C=O) groups is 1. The van der Waals surface area contributed by atoms with Crippen LogP contribution >= 0.6 is 0 Å². The number of hydrogen-bond donors (Lipinski definition) is 1. The molecule has 1 saturated heterocycles. The minimum atomic E-state index is -3.51. The number of amides is 1. The van der Waals surface area contributed by atoms with Gasteiger partial charge in [0, 0.05) is 46.6 Å². The van der Waals surface area contributed by atoms with Gasteiger partial charge in [-0.2, -0.15) is 0 Å². The van der Waals surface area contributed by atoms with Crippen LogP contribution in [0.15, 0.2) is 23.1 Å².